The molecule has 29 heavy (non-hydrogen) atoms. The number of carbonyl (C=O) groups is 3. The molecule has 1 atom stereocenters. The van der Waals surface area contributed by atoms with Crippen LogP contribution in [0.2, 0.25) is 0 Å². The Labute approximate surface area is 172 Å². The molecule has 0 bridgehead atoms. The molecule has 3 rings (SSSR count). The Bertz CT molecular complexity index is 733. The molecule has 158 valence electrons. The summed E-state index contributed by atoms with van der Waals surface area (Å²) in [5.74, 6) is -0.0823. The molecule has 2 fully saturated rings. The lowest BCUT2D eigenvalue weighted by atomic mass is 10.0. The van der Waals surface area contributed by atoms with Crippen LogP contribution in [0.25, 0.3) is 0 Å². The van der Waals surface area contributed by atoms with Crippen LogP contribution in [0.1, 0.15) is 44.2 Å². The molecule has 1 N–H and O–H groups in total. The van der Waals surface area contributed by atoms with E-state index in [9.17, 15) is 14.4 Å². The highest BCUT2D eigenvalue weighted by atomic mass is 16.5. The zero-order valence-electron chi connectivity index (χ0n) is 17.4. The summed E-state index contributed by atoms with van der Waals surface area (Å²) in [4.78, 5) is 41.6. The molecule has 1 aromatic carbocycles. The third-order valence-corrected chi connectivity index (χ3v) is 5.89. The second-order valence-electron chi connectivity index (χ2n) is 8.05. The predicted octanol–water partition coefficient (Wildman–Crippen LogP) is 1.74. The lowest BCUT2D eigenvalue weighted by Crippen LogP contribution is -2.44. The van der Waals surface area contributed by atoms with Gasteiger partial charge in [0.15, 0.2) is 0 Å². The lowest BCUT2D eigenvalue weighted by Gasteiger charge is -2.32. The summed E-state index contributed by atoms with van der Waals surface area (Å²) in [6.07, 6.45) is 2.58. The topological polar surface area (TPSA) is 79.0 Å². The molecular weight excluding hydrogens is 370 g/mol. The fourth-order valence-electron chi connectivity index (χ4n) is 4.12. The largest absolute Gasteiger partial charge is 0.384 e. The quantitative estimate of drug-likeness (QED) is 0.834. The van der Waals surface area contributed by atoms with E-state index in [4.69, 9.17) is 4.74 Å². The highest BCUT2D eigenvalue weighted by Crippen LogP contribution is 2.47. The Hall–Kier alpha value is -2.41. The van der Waals surface area contributed by atoms with E-state index in [2.05, 4.69) is 5.32 Å². The summed E-state index contributed by atoms with van der Waals surface area (Å²) < 4.78 is 5.26. The van der Waals surface area contributed by atoms with Gasteiger partial charge in [0.2, 0.25) is 17.7 Å². The zero-order valence-corrected chi connectivity index (χ0v) is 17.4. The Morgan fingerprint density at radius 1 is 1.17 bits per heavy atom. The second-order valence-corrected chi connectivity index (χ2v) is 8.05. The van der Waals surface area contributed by atoms with E-state index in [1.165, 1.54) is 6.92 Å². The summed E-state index contributed by atoms with van der Waals surface area (Å²) >= 11 is 0. The summed E-state index contributed by atoms with van der Waals surface area (Å²) in [5.41, 5.74) is 0.549. The van der Waals surface area contributed by atoms with Crippen LogP contribution in [0, 0.1) is 5.41 Å². The van der Waals surface area contributed by atoms with Crippen molar-refractivity contribution in [2.24, 2.45) is 5.41 Å². The van der Waals surface area contributed by atoms with Crippen LogP contribution in [0.5, 0.6) is 0 Å². The van der Waals surface area contributed by atoms with Gasteiger partial charge < -0.3 is 19.9 Å². The number of hydrogen-bond acceptors (Lipinski definition) is 4. The zero-order chi connectivity index (χ0) is 20.9. The highest BCUT2D eigenvalue weighted by molar-refractivity contribution is 5.85. The van der Waals surface area contributed by atoms with Gasteiger partial charge in [-0.1, -0.05) is 30.3 Å². The number of carbonyl (C=O) groups excluding carboxylic acids is 3. The molecule has 1 aliphatic carbocycles. The fraction of sp³-hybridized carbons (Fsp3) is 0.591. The maximum absolute atomic E-state index is 13.1. The second kappa shape index (κ2) is 9.39. The Morgan fingerprint density at radius 3 is 2.52 bits per heavy atom. The molecular formula is C22H31N3O4. The van der Waals surface area contributed by atoms with Gasteiger partial charge in [0.1, 0.15) is 0 Å². The maximum Gasteiger partial charge on any atom is 0.231 e. The van der Waals surface area contributed by atoms with Crippen LogP contribution in [-0.4, -0.2) is 67.4 Å². The minimum Gasteiger partial charge on any atom is -0.384 e. The average molecular weight is 402 g/mol. The lowest BCUT2D eigenvalue weighted by molar-refractivity contribution is -0.139. The molecule has 1 aromatic rings. The van der Waals surface area contributed by atoms with Crippen LogP contribution in [0.4, 0.5) is 0 Å². The number of benzene rings is 1. The van der Waals surface area contributed by atoms with E-state index >= 15 is 0 Å². The number of ether oxygens (including phenoxy) is 1. The first-order valence-electron chi connectivity index (χ1n) is 10.3. The number of amides is 3. The monoisotopic (exact) mass is 401 g/mol. The standard InChI is InChI=1S/C22H31N3O4/c1-17(26)25-13-6-12-24(21(28)22(9-10-22)16-29-2)14-11-23-20(27)15-19(25)18-7-4-3-5-8-18/h3-5,7-8,19H,6,9-16H2,1-2H3,(H,23,27). The van der Waals surface area contributed by atoms with Gasteiger partial charge in [-0.2, -0.15) is 0 Å². The van der Waals surface area contributed by atoms with Crippen LogP contribution < -0.4 is 5.32 Å². The minimum absolute atomic E-state index is 0.0678. The number of nitrogens with zero attached hydrogens (tertiary/aromatic N) is 2. The fourth-order valence-corrected chi connectivity index (χ4v) is 4.12. The van der Waals surface area contributed by atoms with Crippen molar-refractivity contribution in [3.05, 3.63) is 35.9 Å². The van der Waals surface area contributed by atoms with Crippen molar-refractivity contribution >= 4 is 17.7 Å². The molecule has 1 aliphatic heterocycles. The normalized spacial score (nSPS) is 22.4. The maximum atomic E-state index is 13.1. The van der Waals surface area contributed by atoms with Crippen molar-refractivity contribution in [1.29, 1.82) is 0 Å². The number of rotatable bonds is 4. The van der Waals surface area contributed by atoms with Crippen molar-refractivity contribution in [3.8, 4) is 0 Å². The van der Waals surface area contributed by atoms with E-state index in [1.807, 2.05) is 35.2 Å². The number of hydrogen-bond donors (Lipinski definition) is 1. The Morgan fingerprint density at radius 2 is 1.90 bits per heavy atom. The summed E-state index contributed by atoms with van der Waals surface area (Å²) in [7, 11) is 1.62. The average Bonchev–Trinajstić information content (AvgIpc) is 3.49. The number of methoxy groups -OCH3 is 1. The Balaban J connectivity index is 1.77. The molecule has 0 spiro atoms. The minimum atomic E-state index is -0.397. The van der Waals surface area contributed by atoms with Crippen molar-refractivity contribution in [2.75, 3.05) is 39.9 Å². The first kappa shape index (κ1) is 21.3. The van der Waals surface area contributed by atoms with Crippen LogP contribution in [-0.2, 0) is 19.1 Å². The molecule has 2 aliphatic rings. The van der Waals surface area contributed by atoms with Gasteiger partial charge in [-0.05, 0) is 24.8 Å². The van der Waals surface area contributed by atoms with Crippen molar-refractivity contribution in [3.63, 3.8) is 0 Å². The molecule has 7 nitrogen and oxygen atoms in total. The summed E-state index contributed by atoms with van der Waals surface area (Å²) in [5, 5.41) is 2.93. The van der Waals surface area contributed by atoms with Gasteiger partial charge >= 0.3 is 0 Å². The van der Waals surface area contributed by atoms with E-state index < -0.39 is 5.41 Å². The van der Waals surface area contributed by atoms with Crippen molar-refractivity contribution < 1.29 is 19.1 Å². The van der Waals surface area contributed by atoms with Gasteiger partial charge in [-0.15, -0.1) is 0 Å². The van der Waals surface area contributed by atoms with Crippen LogP contribution >= 0.6 is 0 Å². The number of nitrogens with one attached hydrogen (secondary N) is 1. The van der Waals surface area contributed by atoms with Crippen molar-refractivity contribution in [1.82, 2.24) is 15.1 Å². The predicted molar refractivity (Wildman–Crippen MR) is 109 cm³/mol. The molecule has 1 unspecified atom stereocenters. The molecule has 1 heterocycles. The first-order chi connectivity index (χ1) is 14.0. The van der Waals surface area contributed by atoms with E-state index in [1.54, 1.807) is 12.0 Å². The molecule has 0 aromatic heterocycles. The molecule has 0 radical (unpaired) electrons. The van der Waals surface area contributed by atoms with Gasteiger partial charge in [0.05, 0.1) is 24.5 Å². The third-order valence-electron chi connectivity index (χ3n) is 5.89. The summed E-state index contributed by atoms with van der Waals surface area (Å²) in [6, 6.07) is 9.35. The van der Waals surface area contributed by atoms with E-state index in [0.29, 0.717) is 39.2 Å². The summed E-state index contributed by atoms with van der Waals surface area (Å²) in [6.45, 7) is 3.93. The third kappa shape index (κ3) is 5.15. The smallest absolute Gasteiger partial charge is 0.231 e. The molecule has 7 heteroatoms. The SMILES string of the molecule is COCC1(C(=O)N2CCCN(C(C)=O)C(c3ccccc3)CC(=O)NCC2)CC1. The molecule has 3 amide bonds. The Kier molecular flexibility index (Phi) is 6.90. The van der Waals surface area contributed by atoms with Gasteiger partial charge in [-0.3, -0.25) is 14.4 Å². The van der Waals surface area contributed by atoms with Gasteiger partial charge in [0.25, 0.3) is 0 Å². The molecule has 1 saturated heterocycles. The van der Waals surface area contributed by atoms with Gasteiger partial charge in [0, 0.05) is 40.2 Å². The van der Waals surface area contributed by atoms with Crippen molar-refractivity contribution in [2.45, 2.75) is 38.6 Å². The van der Waals surface area contributed by atoms with E-state index in [0.717, 1.165) is 18.4 Å². The van der Waals surface area contributed by atoms with Gasteiger partial charge in [-0.25, -0.2) is 0 Å². The first-order valence-corrected chi connectivity index (χ1v) is 10.3. The highest BCUT2D eigenvalue weighted by Gasteiger charge is 2.51. The molecule has 1 saturated carbocycles. The van der Waals surface area contributed by atoms with Crippen LogP contribution in [0.3, 0.4) is 0 Å². The van der Waals surface area contributed by atoms with E-state index in [-0.39, 0.29) is 30.2 Å². The van der Waals surface area contributed by atoms with Crippen LogP contribution in [0.15, 0.2) is 30.3 Å².